The van der Waals surface area contributed by atoms with Crippen molar-refractivity contribution in [1.29, 1.82) is 0 Å². The van der Waals surface area contributed by atoms with E-state index in [0.29, 0.717) is 24.5 Å². The maximum Gasteiger partial charge on any atom is 0.290 e. The van der Waals surface area contributed by atoms with Gasteiger partial charge >= 0.3 is 0 Å². The number of carbonyl (C=O) groups excluding carboxylic acids is 1. The Hall–Kier alpha value is -3.12. The summed E-state index contributed by atoms with van der Waals surface area (Å²) in [5.74, 6) is 0.840. The van der Waals surface area contributed by atoms with Gasteiger partial charge in [-0.1, -0.05) is 30.3 Å². The lowest BCUT2D eigenvalue weighted by atomic mass is 10.1. The van der Waals surface area contributed by atoms with Gasteiger partial charge in [0.1, 0.15) is 11.4 Å². The molecule has 1 N–H and O–H groups in total. The van der Waals surface area contributed by atoms with Gasteiger partial charge in [0.25, 0.3) is 5.91 Å². The largest absolute Gasteiger partial charge is 0.451 e. The van der Waals surface area contributed by atoms with E-state index in [1.165, 1.54) is 0 Å². The van der Waals surface area contributed by atoms with Crippen LogP contribution in [-0.4, -0.2) is 34.9 Å². The summed E-state index contributed by atoms with van der Waals surface area (Å²) in [6.45, 7) is 0.674. The van der Waals surface area contributed by atoms with Gasteiger partial charge in [-0.2, -0.15) is 0 Å². The lowest BCUT2D eigenvalue weighted by molar-refractivity contribution is 0.0746. The van der Waals surface area contributed by atoms with Crippen LogP contribution >= 0.6 is 0 Å². The Balaban J connectivity index is 1.64. The molecule has 0 unspecified atom stereocenters. The Bertz CT molecular complexity index is 1050. The zero-order valence-corrected chi connectivity index (χ0v) is 14.7. The molecule has 0 aliphatic carbocycles. The molecule has 0 aliphatic rings. The number of H-pyrrole nitrogens is 1. The molecule has 2 aromatic heterocycles. The molecule has 2 aromatic carbocycles. The third kappa shape index (κ3) is 2.84. The zero-order chi connectivity index (χ0) is 18.1. The van der Waals surface area contributed by atoms with Crippen LogP contribution in [0, 0.1) is 0 Å². The van der Waals surface area contributed by atoms with Crippen LogP contribution in [0.15, 0.2) is 52.9 Å². The first-order valence-corrected chi connectivity index (χ1v) is 8.36. The summed E-state index contributed by atoms with van der Waals surface area (Å²) < 4.78 is 11.1. The molecule has 0 bridgehead atoms. The van der Waals surface area contributed by atoms with E-state index >= 15 is 0 Å². The Morgan fingerprint density at radius 1 is 1.19 bits per heavy atom. The van der Waals surface area contributed by atoms with Crippen molar-refractivity contribution in [1.82, 2.24) is 14.9 Å². The summed E-state index contributed by atoms with van der Waals surface area (Å²) in [4.78, 5) is 22.3. The quantitative estimate of drug-likeness (QED) is 0.596. The number of aromatic amines is 1. The molecule has 0 spiro atoms. The fourth-order valence-corrected chi connectivity index (χ4v) is 3.11. The molecule has 6 nitrogen and oxygen atoms in total. The number of hydrogen-bond acceptors (Lipinski definition) is 4. The number of amides is 1. The predicted octanol–water partition coefficient (Wildman–Crippen LogP) is 3.73. The highest BCUT2D eigenvalue weighted by atomic mass is 16.5. The van der Waals surface area contributed by atoms with Crippen molar-refractivity contribution in [3.05, 3.63) is 65.7 Å². The van der Waals surface area contributed by atoms with Gasteiger partial charge < -0.3 is 19.0 Å². The number of ether oxygens (including phenoxy) is 1. The minimum atomic E-state index is -0.200. The smallest absolute Gasteiger partial charge is 0.290 e. The standard InChI is InChI=1S/C20H19N3O3/c1-23(11-18-21-15-8-4-5-9-16(15)22-18)20(24)19-14(12-25-2)13-7-3-6-10-17(13)26-19/h3-10H,11-12H2,1-2H3,(H,21,22). The number of nitrogens with zero attached hydrogens (tertiary/aromatic N) is 2. The van der Waals surface area contributed by atoms with Gasteiger partial charge in [-0.25, -0.2) is 4.98 Å². The van der Waals surface area contributed by atoms with Crippen LogP contribution in [0.25, 0.3) is 22.0 Å². The van der Waals surface area contributed by atoms with E-state index in [2.05, 4.69) is 9.97 Å². The van der Waals surface area contributed by atoms with Crippen molar-refractivity contribution in [3.63, 3.8) is 0 Å². The number of fused-ring (bicyclic) bond motifs is 2. The molecule has 2 heterocycles. The number of carbonyl (C=O) groups is 1. The van der Waals surface area contributed by atoms with Crippen LogP contribution in [0.1, 0.15) is 21.9 Å². The summed E-state index contributed by atoms with van der Waals surface area (Å²) in [5.41, 5.74) is 3.28. The van der Waals surface area contributed by atoms with Crippen molar-refractivity contribution in [2.24, 2.45) is 0 Å². The molecule has 0 aliphatic heterocycles. The van der Waals surface area contributed by atoms with E-state index in [1.807, 2.05) is 48.5 Å². The second-order valence-corrected chi connectivity index (χ2v) is 6.20. The average Bonchev–Trinajstić information content (AvgIpc) is 3.22. The number of hydrogen-bond donors (Lipinski definition) is 1. The SMILES string of the molecule is COCc1c(C(=O)N(C)Cc2nc3ccccc3[nH]2)oc2ccccc12. The second-order valence-electron chi connectivity index (χ2n) is 6.20. The predicted molar refractivity (Wildman–Crippen MR) is 98.8 cm³/mol. The second kappa shape index (κ2) is 6.65. The fraction of sp³-hybridized carbons (Fsp3) is 0.200. The van der Waals surface area contributed by atoms with Crippen molar-refractivity contribution in [2.75, 3.05) is 14.2 Å². The van der Waals surface area contributed by atoms with Crippen LogP contribution in [0.5, 0.6) is 0 Å². The van der Waals surface area contributed by atoms with Crippen LogP contribution in [0.3, 0.4) is 0 Å². The van der Waals surface area contributed by atoms with E-state index in [-0.39, 0.29) is 5.91 Å². The Morgan fingerprint density at radius 3 is 2.77 bits per heavy atom. The molecule has 1 amide bonds. The van der Waals surface area contributed by atoms with Crippen molar-refractivity contribution in [3.8, 4) is 0 Å². The van der Waals surface area contributed by atoms with Gasteiger partial charge in [-0.3, -0.25) is 4.79 Å². The first-order valence-electron chi connectivity index (χ1n) is 8.36. The fourth-order valence-electron chi connectivity index (χ4n) is 3.11. The van der Waals surface area contributed by atoms with Gasteiger partial charge in [0.15, 0.2) is 5.76 Å². The van der Waals surface area contributed by atoms with Gasteiger partial charge in [-0.15, -0.1) is 0 Å². The van der Waals surface area contributed by atoms with Crippen molar-refractivity contribution < 1.29 is 13.9 Å². The lowest BCUT2D eigenvalue weighted by Crippen LogP contribution is -2.27. The van der Waals surface area contributed by atoms with E-state index in [9.17, 15) is 4.79 Å². The molecule has 0 saturated heterocycles. The van der Waals surface area contributed by atoms with Gasteiger partial charge in [0.2, 0.25) is 0 Å². The lowest BCUT2D eigenvalue weighted by Gasteiger charge is -2.15. The first kappa shape index (κ1) is 16.4. The van der Waals surface area contributed by atoms with E-state index in [4.69, 9.17) is 9.15 Å². The highest BCUT2D eigenvalue weighted by Gasteiger charge is 2.23. The van der Waals surface area contributed by atoms with Crippen LogP contribution in [0.4, 0.5) is 0 Å². The van der Waals surface area contributed by atoms with Crippen molar-refractivity contribution in [2.45, 2.75) is 13.2 Å². The average molecular weight is 349 g/mol. The van der Waals surface area contributed by atoms with Crippen LogP contribution in [0.2, 0.25) is 0 Å². The molecule has 0 saturated carbocycles. The number of methoxy groups -OCH3 is 1. The number of rotatable bonds is 5. The summed E-state index contributed by atoms with van der Waals surface area (Å²) >= 11 is 0. The zero-order valence-electron chi connectivity index (χ0n) is 14.7. The number of para-hydroxylation sites is 3. The maximum atomic E-state index is 13.0. The first-order chi connectivity index (χ1) is 12.7. The highest BCUT2D eigenvalue weighted by Crippen LogP contribution is 2.27. The Morgan fingerprint density at radius 2 is 1.96 bits per heavy atom. The minimum absolute atomic E-state index is 0.200. The van der Waals surface area contributed by atoms with E-state index in [1.54, 1.807) is 19.1 Å². The molecule has 4 rings (SSSR count). The Labute approximate surface area is 150 Å². The summed E-state index contributed by atoms with van der Waals surface area (Å²) in [5, 5.41) is 0.898. The number of furan rings is 1. The molecule has 132 valence electrons. The maximum absolute atomic E-state index is 13.0. The molecule has 26 heavy (non-hydrogen) atoms. The number of aromatic nitrogens is 2. The topological polar surface area (TPSA) is 71.4 Å². The third-order valence-electron chi connectivity index (χ3n) is 4.35. The van der Waals surface area contributed by atoms with Crippen molar-refractivity contribution >= 4 is 27.9 Å². The summed E-state index contributed by atoms with van der Waals surface area (Å²) in [6.07, 6.45) is 0. The van der Waals surface area contributed by atoms with Gasteiger partial charge in [-0.05, 0) is 18.2 Å². The molecule has 0 atom stereocenters. The molecule has 6 heteroatoms. The summed E-state index contributed by atoms with van der Waals surface area (Å²) in [6, 6.07) is 15.4. The van der Waals surface area contributed by atoms with Crippen LogP contribution in [-0.2, 0) is 17.9 Å². The summed E-state index contributed by atoms with van der Waals surface area (Å²) in [7, 11) is 3.34. The van der Waals surface area contributed by atoms with Gasteiger partial charge in [0.05, 0.1) is 24.2 Å². The third-order valence-corrected chi connectivity index (χ3v) is 4.35. The molecule has 4 aromatic rings. The van der Waals surface area contributed by atoms with E-state index < -0.39 is 0 Å². The van der Waals surface area contributed by atoms with E-state index in [0.717, 1.165) is 27.8 Å². The molecular formula is C20H19N3O3. The molecule has 0 radical (unpaired) electrons. The van der Waals surface area contributed by atoms with Gasteiger partial charge in [0, 0.05) is 25.1 Å². The number of benzene rings is 2. The number of nitrogens with one attached hydrogen (secondary N) is 1. The Kier molecular flexibility index (Phi) is 4.18. The molecule has 0 fully saturated rings. The highest BCUT2D eigenvalue weighted by molar-refractivity contribution is 5.98. The molecular weight excluding hydrogens is 330 g/mol. The number of imidazole rings is 1. The normalized spacial score (nSPS) is 11.3. The monoisotopic (exact) mass is 349 g/mol. The van der Waals surface area contributed by atoms with Crippen LogP contribution < -0.4 is 0 Å². The minimum Gasteiger partial charge on any atom is -0.451 e.